The molecule has 4 rings (SSSR count). The minimum absolute atomic E-state index is 0. The number of carbonyl (C=O) groups is 1. The average molecular weight is 825 g/mol. The predicted octanol–water partition coefficient (Wildman–Crippen LogP) is 8.97. The molecular formula is C34H53N7O7S2Y. The Morgan fingerprint density at radius 2 is 1.55 bits per heavy atom. The number of hydrogen-bond acceptors (Lipinski definition) is 15. The Balaban J connectivity index is -0.000000598. The zero-order chi connectivity index (χ0) is 38.5. The van der Waals surface area contributed by atoms with Crippen LogP contribution in [0.5, 0.6) is 5.75 Å². The Kier molecular flexibility index (Phi) is 34.1. The third-order valence-corrected chi connectivity index (χ3v) is 6.76. The van der Waals surface area contributed by atoms with E-state index < -0.39 is 0 Å². The molecule has 17 heteroatoms. The Hall–Kier alpha value is -2.80. The molecular weight excluding hydrogens is 771 g/mol. The van der Waals surface area contributed by atoms with Crippen LogP contribution in [0.2, 0.25) is 0 Å². The van der Waals surface area contributed by atoms with E-state index >= 15 is 0 Å². The van der Waals surface area contributed by atoms with E-state index in [1.807, 2.05) is 114 Å². The number of phenolic OH excluding ortho intramolecular Hbond substituents is 1. The summed E-state index contributed by atoms with van der Waals surface area (Å²) in [6.07, 6.45) is 0. The molecule has 0 aliphatic heterocycles. The predicted molar refractivity (Wildman–Crippen MR) is 204 cm³/mol. The SMILES string of the molecule is CC.CC.CN=Nc1ccccc1.CNC(=O)CSOO.Cc1c(SOOO)cc2ccccc2c1O.Cc1nc(C(C)C)nc(N(C)C)n1.[Y]. The monoisotopic (exact) mass is 824 g/mol. The van der Waals surface area contributed by atoms with Crippen molar-refractivity contribution < 1.29 is 66.8 Å². The second-order valence-corrected chi connectivity index (χ2v) is 10.9. The molecule has 14 nitrogen and oxygen atoms in total. The number of azo groups is 1. The van der Waals surface area contributed by atoms with E-state index in [2.05, 4.69) is 58.1 Å². The second kappa shape index (κ2) is 33.1. The third-order valence-electron chi connectivity index (χ3n) is 5.54. The summed E-state index contributed by atoms with van der Waals surface area (Å²) in [7, 11) is 7.03. The van der Waals surface area contributed by atoms with E-state index in [-0.39, 0.29) is 50.1 Å². The molecule has 3 aromatic carbocycles. The summed E-state index contributed by atoms with van der Waals surface area (Å²) in [6.45, 7) is 15.8. The number of aromatic hydroxyl groups is 1. The summed E-state index contributed by atoms with van der Waals surface area (Å²) in [5, 5.41) is 40.8. The molecule has 1 amide bonds. The Morgan fingerprint density at radius 1 is 0.961 bits per heavy atom. The maximum atomic E-state index is 10.2. The first-order chi connectivity index (χ1) is 24.0. The minimum atomic E-state index is -0.177. The van der Waals surface area contributed by atoms with Crippen LogP contribution < -0.4 is 10.2 Å². The fourth-order valence-electron chi connectivity index (χ4n) is 3.25. The number of fused-ring (bicyclic) bond motifs is 1. The van der Waals surface area contributed by atoms with Gasteiger partial charge < -0.3 is 15.3 Å². The first kappa shape index (κ1) is 52.6. The molecule has 4 aromatic rings. The van der Waals surface area contributed by atoms with Gasteiger partial charge in [0.05, 0.1) is 17.7 Å². The van der Waals surface area contributed by atoms with E-state index in [0.717, 1.165) is 46.1 Å². The number of phenols is 1. The van der Waals surface area contributed by atoms with Gasteiger partial charge in [0.15, 0.2) is 0 Å². The van der Waals surface area contributed by atoms with E-state index in [0.29, 0.717) is 28.4 Å². The first-order valence-electron chi connectivity index (χ1n) is 15.7. The van der Waals surface area contributed by atoms with Crippen molar-refractivity contribution in [3.8, 4) is 5.75 Å². The molecule has 1 aromatic heterocycles. The van der Waals surface area contributed by atoms with Crippen LogP contribution >= 0.6 is 24.1 Å². The molecule has 1 heterocycles. The number of nitrogens with one attached hydrogen (secondary N) is 1. The van der Waals surface area contributed by atoms with E-state index in [9.17, 15) is 9.90 Å². The van der Waals surface area contributed by atoms with Crippen molar-refractivity contribution in [1.82, 2.24) is 20.3 Å². The molecule has 0 atom stereocenters. The summed E-state index contributed by atoms with van der Waals surface area (Å²) in [6, 6.07) is 19.0. The zero-order valence-corrected chi connectivity index (χ0v) is 36.1. The van der Waals surface area contributed by atoms with Gasteiger partial charge in [0, 0.05) is 94.7 Å². The fraction of sp³-hybridized carbons (Fsp3) is 0.412. The number of amides is 1. The Labute approximate surface area is 336 Å². The van der Waals surface area contributed by atoms with Crippen molar-refractivity contribution >= 4 is 52.4 Å². The number of hydrogen-bond donors (Lipinski definition) is 4. The summed E-state index contributed by atoms with van der Waals surface area (Å²) in [5.74, 6) is 2.87. The maximum Gasteiger partial charge on any atom is 0.232 e. The normalized spacial score (nSPS) is 9.55. The molecule has 0 fully saturated rings. The van der Waals surface area contributed by atoms with Crippen LogP contribution in [0.4, 0.5) is 11.6 Å². The van der Waals surface area contributed by atoms with Gasteiger partial charge in [0.1, 0.15) is 23.2 Å². The van der Waals surface area contributed by atoms with Crippen molar-refractivity contribution in [2.75, 3.05) is 38.8 Å². The molecule has 51 heavy (non-hydrogen) atoms. The van der Waals surface area contributed by atoms with E-state index in [1.54, 1.807) is 14.0 Å². The molecule has 1 radical (unpaired) electrons. The van der Waals surface area contributed by atoms with Crippen LogP contribution in [0.3, 0.4) is 0 Å². The van der Waals surface area contributed by atoms with Gasteiger partial charge in [-0.05, 0) is 37.4 Å². The molecule has 0 saturated carbocycles. The molecule has 0 unspecified atom stereocenters. The van der Waals surface area contributed by atoms with Gasteiger partial charge in [-0.25, -0.2) is 15.5 Å². The number of anilines is 1. The van der Waals surface area contributed by atoms with Crippen molar-refractivity contribution in [2.24, 2.45) is 10.2 Å². The summed E-state index contributed by atoms with van der Waals surface area (Å²) in [4.78, 5) is 25.6. The maximum absolute atomic E-state index is 10.2. The molecule has 0 aliphatic carbocycles. The first-order valence-corrected chi connectivity index (χ1v) is 17.4. The van der Waals surface area contributed by atoms with Crippen LogP contribution in [-0.4, -0.2) is 70.4 Å². The van der Waals surface area contributed by atoms with Gasteiger partial charge in [0.25, 0.3) is 0 Å². The van der Waals surface area contributed by atoms with Crippen LogP contribution in [0, 0.1) is 13.8 Å². The Morgan fingerprint density at radius 3 is 2.06 bits per heavy atom. The van der Waals surface area contributed by atoms with Crippen molar-refractivity contribution in [1.29, 1.82) is 0 Å². The van der Waals surface area contributed by atoms with Crippen LogP contribution in [0.1, 0.15) is 64.7 Å². The topological polar surface area (TPSA) is 184 Å². The summed E-state index contributed by atoms with van der Waals surface area (Å²) < 4.78 is 7.94. The minimum Gasteiger partial charge on any atom is -0.507 e. The quantitative estimate of drug-likeness (QED) is 0.0543. The van der Waals surface area contributed by atoms with Crippen molar-refractivity contribution in [2.45, 2.75) is 66.2 Å². The number of carbonyl (C=O) groups excluding carboxylic acids is 1. The standard InChI is InChI=1S/C11H10O4S.C9H16N4.C7H8N2.C3H7NO3S.2C2H6.Y/c1-7-10(16-15-14-13)6-8-4-2-3-5-9(8)11(7)12;1-6(2)8-10-7(3)11-9(12-8)13(4)5;1-8-9-7-5-3-2-4-6-7;1-4-3(5)2-8-7-6;2*1-2;/h2-6,12-13H,1H3;6H,1-5H3;2-6H,1H3;6H,2H2,1H3,(H,4,5);2*1-2H3;. The van der Waals surface area contributed by atoms with Crippen LogP contribution in [-0.2, 0) is 51.2 Å². The number of nitrogens with zero attached hydrogens (tertiary/aromatic N) is 6. The second-order valence-electron chi connectivity index (χ2n) is 9.53. The number of aryl methyl sites for hydroxylation is 1. The van der Waals surface area contributed by atoms with Gasteiger partial charge in [-0.3, -0.25) is 4.79 Å². The van der Waals surface area contributed by atoms with Gasteiger partial charge >= 0.3 is 0 Å². The van der Waals surface area contributed by atoms with Gasteiger partial charge in [0.2, 0.25) is 11.9 Å². The molecule has 0 saturated heterocycles. The zero-order valence-electron chi connectivity index (χ0n) is 31.6. The van der Waals surface area contributed by atoms with E-state index in [1.165, 1.54) is 7.05 Å². The van der Waals surface area contributed by atoms with Gasteiger partial charge in [-0.1, -0.05) is 89.0 Å². The average Bonchev–Trinajstić information content (AvgIpc) is 3.14. The van der Waals surface area contributed by atoms with Gasteiger partial charge in [-0.2, -0.15) is 24.5 Å². The molecule has 0 bridgehead atoms. The summed E-state index contributed by atoms with van der Waals surface area (Å²) >= 11 is 1.53. The molecule has 4 N–H and O–H groups in total. The molecule has 0 aliphatic rings. The molecule has 0 spiro atoms. The van der Waals surface area contributed by atoms with Gasteiger partial charge in [-0.15, -0.1) is 4.33 Å². The number of rotatable bonds is 9. The van der Waals surface area contributed by atoms with Crippen LogP contribution in [0.25, 0.3) is 10.8 Å². The number of benzene rings is 3. The summed E-state index contributed by atoms with van der Waals surface area (Å²) in [5.41, 5.74) is 1.58. The van der Waals surface area contributed by atoms with Crippen LogP contribution in [0.15, 0.2) is 75.8 Å². The largest absolute Gasteiger partial charge is 0.507 e. The van der Waals surface area contributed by atoms with Crippen molar-refractivity contribution in [3.63, 3.8) is 0 Å². The van der Waals surface area contributed by atoms with E-state index in [4.69, 9.17) is 10.5 Å². The number of aromatic nitrogens is 3. The Bertz CT molecular complexity index is 1480. The fourth-order valence-corrected chi connectivity index (χ4v) is 4.06. The third kappa shape index (κ3) is 22.7. The smallest absolute Gasteiger partial charge is 0.232 e. The molecule has 281 valence electrons. The van der Waals surface area contributed by atoms with Crippen molar-refractivity contribution in [3.05, 3.63) is 77.9 Å².